The summed E-state index contributed by atoms with van der Waals surface area (Å²) in [5, 5.41) is 3.17. The largest absolute Gasteiger partial charge is 0.491 e. The topological polar surface area (TPSA) is 38.3 Å². The highest BCUT2D eigenvalue weighted by Crippen LogP contribution is 2.20. The summed E-state index contributed by atoms with van der Waals surface area (Å²) in [6.07, 6.45) is 0. The number of carbonyl (C=O) groups is 1. The minimum absolute atomic E-state index is 0.0936. The van der Waals surface area contributed by atoms with Crippen LogP contribution >= 0.6 is 23.4 Å². The number of aryl methyl sites for hydroxylation is 1. The van der Waals surface area contributed by atoms with E-state index in [9.17, 15) is 9.18 Å². The standard InChI is InChI=1S/C19H21ClFNO2S/c1-13-4-3-5-18(14(13)2)24-9-8-22-19(23)12-25-11-15-6-7-16(20)10-17(15)21/h3-7,10H,8-9,11-12H2,1-2H3,(H,22,23). The first-order valence-corrected chi connectivity index (χ1v) is 9.48. The molecule has 0 aliphatic heterocycles. The van der Waals surface area contributed by atoms with Gasteiger partial charge in [-0.3, -0.25) is 4.79 Å². The van der Waals surface area contributed by atoms with Crippen LogP contribution in [0, 0.1) is 19.7 Å². The van der Waals surface area contributed by atoms with E-state index in [1.807, 2.05) is 32.0 Å². The predicted octanol–water partition coefficient (Wildman–Crippen LogP) is 4.52. The Balaban J connectivity index is 1.65. The maximum atomic E-state index is 13.6. The molecule has 0 aromatic heterocycles. The molecule has 2 aromatic rings. The van der Waals surface area contributed by atoms with Crippen LogP contribution < -0.4 is 10.1 Å². The van der Waals surface area contributed by atoms with Gasteiger partial charge in [-0.15, -0.1) is 11.8 Å². The SMILES string of the molecule is Cc1cccc(OCCNC(=O)CSCc2ccc(Cl)cc2F)c1C. The molecule has 0 unspecified atom stereocenters. The molecule has 134 valence electrons. The summed E-state index contributed by atoms with van der Waals surface area (Å²) in [6.45, 7) is 4.88. The molecule has 0 atom stereocenters. The number of carbonyl (C=O) groups excluding carboxylic acids is 1. The molecule has 3 nitrogen and oxygen atoms in total. The molecule has 25 heavy (non-hydrogen) atoms. The minimum atomic E-state index is -0.345. The number of thioether (sulfide) groups is 1. The normalized spacial score (nSPS) is 10.6. The fraction of sp³-hybridized carbons (Fsp3) is 0.316. The molecule has 0 aliphatic rings. The third-order valence-corrected chi connectivity index (χ3v) is 4.96. The second-order valence-corrected chi connectivity index (χ2v) is 7.05. The van der Waals surface area contributed by atoms with E-state index in [-0.39, 0.29) is 17.5 Å². The summed E-state index contributed by atoms with van der Waals surface area (Å²) in [4.78, 5) is 11.8. The Morgan fingerprint density at radius 2 is 2.08 bits per heavy atom. The molecule has 0 fully saturated rings. The zero-order chi connectivity index (χ0) is 18.2. The highest BCUT2D eigenvalue weighted by Gasteiger charge is 2.06. The van der Waals surface area contributed by atoms with E-state index < -0.39 is 0 Å². The average Bonchev–Trinajstić information content (AvgIpc) is 2.57. The van der Waals surface area contributed by atoms with E-state index in [1.165, 1.54) is 23.4 Å². The number of hydrogen-bond donors (Lipinski definition) is 1. The molecule has 1 N–H and O–H groups in total. The minimum Gasteiger partial charge on any atom is -0.491 e. The van der Waals surface area contributed by atoms with Crippen molar-refractivity contribution < 1.29 is 13.9 Å². The van der Waals surface area contributed by atoms with Gasteiger partial charge in [0.15, 0.2) is 0 Å². The van der Waals surface area contributed by atoms with Gasteiger partial charge in [-0.2, -0.15) is 0 Å². The van der Waals surface area contributed by atoms with Crippen LogP contribution in [-0.2, 0) is 10.5 Å². The number of ether oxygens (including phenoxy) is 1. The maximum absolute atomic E-state index is 13.6. The fourth-order valence-electron chi connectivity index (χ4n) is 2.18. The monoisotopic (exact) mass is 381 g/mol. The number of halogens is 2. The van der Waals surface area contributed by atoms with Gasteiger partial charge in [0.1, 0.15) is 18.2 Å². The third-order valence-electron chi connectivity index (χ3n) is 3.74. The zero-order valence-electron chi connectivity index (χ0n) is 14.3. The number of hydrogen-bond acceptors (Lipinski definition) is 3. The quantitative estimate of drug-likeness (QED) is 0.683. The van der Waals surface area contributed by atoms with Crippen molar-refractivity contribution in [3.05, 3.63) is 63.9 Å². The van der Waals surface area contributed by atoms with Crippen molar-refractivity contribution in [2.24, 2.45) is 0 Å². The maximum Gasteiger partial charge on any atom is 0.230 e. The van der Waals surface area contributed by atoms with Crippen LogP contribution in [0.5, 0.6) is 5.75 Å². The van der Waals surface area contributed by atoms with E-state index in [4.69, 9.17) is 16.3 Å². The number of amides is 1. The lowest BCUT2D eigenvalue weighted by atomic mass is 10.1. The van der Waals surface area contributed by atoms with E-state index in [2.05, 4.69) is 5.32 Å². The number of rotatable bonds is 8. The van der Waals surface area contributed by atoms with Crippen molar-refractivity contribution in [3.63, 3.8) is 0 Å². The number of nitrogens with one attached hydrogen (secondary N) is 1. The molecule has 0 saturated carbocycles. The first kappa shape index (κ1) is 19.6. The van der Waals surface area contributed by atoms with Crippen molar-refractivity contribution in [3.8, 4) is 5.75 Å². The number of benzene rings is 2. The average molecular weight is 382 g/mol. The Kier molecular flexibility index (Phi) is 7.59. The van der Waals surface area contributed by atoms with Gasteiger partial charge < -0.3 is 10.1 Å². The van der Waals surface area contributed by atoms with E-state index in [0.717, 1.165) is 11.3 Å². The van der Waals surface area contributed by atoms with Crippen LogP contribution in [0.3, 0.4) is 0 Å². The van der Waals surface area contributed by atoms with Crippen LogP contribution in [-0.4, -0.2) is 24.8 Å². The van der Waals surface area contributed by atoms with Gasteiger partial charge in [-0.1, -0.05) is 29.8 Å². The Morgan fingerprint density at radius 1 is 1.28 bits per heavy atom. The van der Waals surface area contributed by atoms with Crippen LogP contribution in [0.15, 0.2) is 36.4 Å². The molecule has 0 bridgehead atoms. The molecule has 0 saturated heterocycles. The van der Waals surface area contributed by atoms with Crippen molar-refractivity contribution in [2.45, 2.75) is 19.6 Å². The van der Waals surface area contributed by atoms with E-state index >= 15 is 0 Å². The van der Waals surface area contributed by atoms with Gasteiger partial charge in [0.25, 0.3) is 0 Å². The molecular weight excluding hydrogens is 361 g/mol. The Morgan fingerprint density at radius 3 is 2.84 bits per heavy atom. The summed E-state index contributed by atoms with van der Waals surface area (Å²) in [6, 6.07) is 10.5. The highest BCUT2D eigenvalue weighted by molar-refractivity contribution is 7.99. The van der Waals surface area contributed by atoms with Gasteiger partial charge in [0.2, 0.25) is 5.91 Å². The van der Waals surface area contributed by atoms with Crippen molar-refractivity contribution in [2.75, 3.05) is 18.9 Å². The molecule has 0 spiro atoms. The Labute approximate surface area is 156 Å². The fourth-order valence-corrected chi connectivity index (χ4v) is 3.18. The van der Waals surface area contributed by atoms with E-state index in [1.54, 1.807) is 12.1 Å². The van der Waals surface area contributed by atoms with E-state index in [0.29, 0.717) is 29.5 Å². The molecular formula is C19H21ClFNO2S. The van der Waals surface area contributed by atoms with Gasteiger partial charge in [-0.25, -0.2) is 4.39 Å². The molecule has 0 radical (unpaired) electrons. The molecule has 2 rings (SSSR count). The van der Waals surface area contributed by atoms with Crippen molar-refractivity contribution >= 4 is 29.3 Å². The molecule has 2 aromatic carbocycles. The summed E-state index contributed by atoms with van der Waals surface area (Å²) in [5.41, 5.74) is 2.82. The highest BCUT2D eigenvalue weighted by atomic mass is 35.5. The van der Waals surface area contributed by atoms with Gasteiger partial charge >= 0.3 is 0 Å². The van der Waals surface area contributed by atoms with Crippen molar-refractivity contribution in [1.82, 2.24) is 5.32 Å². The van der Waals surface area contributed by atoms with Crippen LogP contribution in [0.4, 0.5) is 4.39 Å². The molecule has 1 amide bonds. The first-order valence-electron chi connectivity index (χ1n) is 7.94. The lowest BCUT2D eigenvalue weighted by molar-refractivity contribution is -0.118. The van der Waals surface area contributed by atoms with Crippen LogP contribution in [0.25, 0.3) is 0 Å². The van der Waals surface area contributed by atoms with Crippen LogP contribution in [0.2, 0.25) is 5.02 Å². The lowest BCUT2D eigenvalue weighted by Gasteiger charge is -2.11. The Hall–Kier alpha value is -1.72. The van der Waals surface area contributed by atoms with Gasteiger partial charge in [-0.05, 0) is 48.7 Å². The lowest BCUT2D eigenvalue weighted by Crippen LogP contribution is -2.29. The predicted molar refractivity (Wildman–Crippen MR) is 102 cm³/mol. The van der Waals surface area contributed by atoms with Crippen LogP contribution in [0.1, 0.15) is 16.7 Å². The zero-order valence-corrected chi connectivity index (χ0v) is 15.8. The molecule has 0 heterocycles. The third kappa shape index (κ3) is 6.25. The van der Waals surface area contributed by atoms with Gasteiger partial charge in [0.05, 0.1) is 12.3 Å². The molecule has 6 heteroatoms. The first-order chi connectivity index (χ1) is 12.0. The summed E-state index contributed by atoms with van der Waals surface area (Å²) >= 11 is 7.07. The molecule has 0 aliphatic carbocycles. The summed E-state index contributed by atoms with van der Waals surface area (Å²) in [7, 11) is 0. The summed E-state index contributed by atoms with van der Waals surface area (Å²) in [5.74, 6) is 1.09. The second kappa shape index (κ2) is 9.68. The second-order valence-electron chi connectivity index (χ2n) is 5.62. The Bertz CT molecular complexity index is 739. The summed E-state index contributed by atoms with van der Waals surface area (Å²) < 4.78 is 19.3. The van der Waals surface area contributed by atoms with Crippen molar-refractivity contribution in [1.29, 1.82) is 0 Å². The van der Waals surface area contributed by atoms with Gasteiger partial charge in [0, 0.05) is 10.8 Å². The smallest absolute Gasteiger partial charge is 0.230 e.